The smallest absolute Gasteiger partial charge is 0.252 e. The van der Waals surface area contributed by atoms with E-state index >= 15 is 0 Å². The van der Waals surface area contributed by atoms with Crippen LogP contribution in [0, 0.1) is 0 Å². The van der Waals surface area contributed by atoms with E-state index in [1.54, 1.807) is 13.2 Å². The first-order valence-corrected chi connectivity index (χ1v) is 7.54. The van der Waals surface area contributed by atoms with Gasteiger partial charge in [0.15, 0.2) is 0 Å². The third-order valence-corrected chi connectivity index (χ3v) is 3.96. The lowest BCUT2D eigenvalue weighted by Gasteiger charge is -2.13. The van der Waals surface area contributed by atoms with E-state index in [2.05, 4.69) is 5.32 Å². The maximum atomic E-state index is 11.9. The predicted molar refractivity (Wildman–Crippen MR) is 82.6 cm³/mol. The zero-order valence-corrected chi connectivity index (χ0v) is 12.4. The van der Waals surface area contributed by atoms with Crippen molar-refractivity contribution in [3.63, 3.8) is 0 Å². The molecule has 0 saturated carbocycles. The molecule has 0 saturated heterocycles. The molecule has 2 heterocycles. The van der Waals surface area contributed by atoms with Crippen LogP contribution < -0.4 is 5.32 Å². The Kier molecular flexibility index (Phi) is 4.03. The average Bonchev–Trinajstić information content (AvgIpc) is 3.17. The molecule has 2 aromatic heterocycles. The first kappa shape index (κ1) is 13.9. The summed E-state index contributed by atoms with van der Waals surface area (Å²) in [6.45, 7) is 0.366. The summed E-state index contributed by atoms with van der Waals surface area (Å²) in [6, 6.07) is 11.5. The third-order valence-electron chi connectivity index (χ3n) is 3.28. The molecule has 3 aromatic rings. The maximum Gasteiger partial charge on any atom is 0.252 e. The fourth-order valence-corrected chi connectivity index (χ4v) is 2.78. The fourth-order valence-electron chi connectivity index (χ4n) is 2.14. The lowest BCUT2D eigenvalue weighted by atomic mass is 10.2. The summed E-state index contributed by atoms with van der Waals surface area (Å²) in [5.74, 6) is 0.610. The van der Waals surface area contributed by atoms with Crippen molar-refractivity contribution in [1.82, 2.24) is 5.32 Å². The number of carbonyl (C=O) groups excluding carboxylic acids is 1. The minimum Gasteiger partial charge on any atom is -0.458 e. The average molecular weight is 301 g/mol. The van der Waals surface area contributed by atoms with Crippen molar-refractivity contribution < 1.29 is 13.9 Å². The largest absolute Gasteiger partial charge is 0.458 e. The number of thiophene rings is 1. The van der Waals surface area contributed by atoms with E-state index in [0.717, 1.165) is 11.0 Å². The van der Waals surface area contributed by atoms with Gasteiger partial charge in [-0.2, -0.15) is 11.3 Å². The van der Waals surface area contributed by atoms with Crippen molar-refractivity contribution in [2.24, 2.45) is 0 Å². The Hall–Kier alpha value is -2.11. The molecule has 0 aliphatic carbocycles. The second-order valence-corrected chi connectivity index (χ2v) is 5.41. The molecule has 1 aromatic carbocycles. The SMILES string of the molecule is CO[C@H](CNC(=O)c1ccsc1)c1cc2ccccc2o1. The van der Waals surface area contributed by atoms with E-state index in [4.69, 9.17) is 9.15 Å². The van der Waals surface area contributed by atoms with Gasteiger partial charge >= 0.3 is 0 Å². The molecule has 5 heteroatoms. The number of methoxy groups -OCH3 is 1. The van der Waals surface area contributed by atoms with Crippen LogP contribution in [-0.4, -0.2) is 19.6 Å². The number of benzene rings is 1. The minimum absolute atomic E-state index is 0.102. The molecule has 0 aliphatic rings. The van der Waals surface area contributed by atoms with Crippen molar-refractivity contribution in [1.29, 1.82) is 0 Å². The summed E-state index contributed by atoms with van der Waals surface area (Å²) in [7, 11) is 1.61. The van der Waals surface area contributed by atoms with Crippen LogP contribution in [0.4, 0.5) is 0 Å². The highest BCUT2D eigenvalue weighted by Crippen LogP contribution is 2.25. The number of hydrogen-bond acceptors (Lipinski definition) is 4. The summed E-state index contributed by atoms with van der Waals surface area (Å²) < 4.78 is 11.2. The van der Waals surface area contributed by atoms with E-state index in [1.165, 1.54) is 11.3 Å². The minimum atomic E-state index is -0.306. The summed E-state index contributed by atoms with van der Waals surface area (Å²) in [4.78, 5) is 11.9. The molecule has 3 rings (SSSR count). The second-order valence-electron chi connectivity index (χ2n) is 4.63. The van der Waals surface area contributed by atoms with E-state index in [9.17, 15) is 4.79 Å². The molecule has 0 fully saturated rings. The van der Waals surface area contributed by atoms with E-state index in [-0.39, 0.29) is 12.0 Å². The summed E-state index contributed by atoms with van der Waals surface area (Å²) in [6.07, 6.45) is -0.306. The summed E-state index contributed by atoms with van der Waals surface area (Å²) in [5, 5.41) is 7.58. The molecular formula is C16H15NO3S. The number of nitrogens with one attached hydrogen (secondary N) is 1. The molecule has 1 atom stereocenters. The molecule has 0 aliphatic heterocycles. The molecule has 1 N–H and O–H groups in total. The summed E-state index contributed by atoms with van der Waals surface area (Å²) >= 11 is 1.50. The molecule has 4 nitrogen and oxygen atoms in total. The van der Waals surface area contributed by atoms with Gasteiger partial charge in [0.1, 0.15) is 17.4 Å². The number of rotatable bonds is 5. The second kappa shape index (κ2) is 6.11. The third kappa shape index (κ3) is 2.99. The van der Waals surface area contributed by atoms with Crippen molar-refractivity contribution in [2.75, 3.05) is 13.7 Å². The van der Waals surface area contributed by atoms with Gasteiger partial charge in [-0.25, -0.2) is 0 Å². The Morgan fingerprint density at radius 3 is 2.95 bits per heavy atom. The highest BCUT2D eigenvalue weighted by atomic mass is 32.1. The monoisotopic (exact) mass is 301 g/mol. The van der Waals surface area contributed by atoms with Gasteiger partial charge in [0.05, 0.1) is 6.54 Å². The number of carbonyl (C=O) groups is 1. The van der Waals surface area contributed by atoms with Crippen LogP contribution >= 0.6 is 11.3 Å². The van der Waals surface area contributed by atoms with Gasteiger partial charge in [-0.1, -0.05) is 18.2 Å². The van der Waals surface area contributed by atoms with Gasteiger partial charge in [0.25, 0.3) is 5.91 Å². The van der Waals surface area contributed by atoms with Gasteiger partial charge in [-0.15, -0.1) is 0 Å². The zero-order chi connectivity index (χ0) is 14.7. The number of hydrogen-bond donors (Lipinski definition) is 1. The Balaban J connectivity index is 1.71. The lowest BCUT2D eigenvalue weighted by Crippen LogP contribution is -2.28. The van der Waals surface area contributed by atoms with Crippen LogP contribution in [0.25, 0.3) is 11.0 Å². The molecule has 1 amide bonds. The molecule has 0 unspecified atom stereocenters. The quantitative estimate of drug-likeness (QED) is 0.783. The number of fused-ring (bicyclic) bond motifs is 1. The Labute approximate surface area is 126 Å². The normalized spacial score (nSPS) is 12.4. The van der Waals surface area contributed by atoms with E-state index in [1.807, 2.05) is 41.1 Å². The predicted octanol–water partition coefficient (Wildman–Crippen LogP) is 3.61. The van der Waals surface area contributed by atoms with Crippen LogP contribution in [0.1, 0.15) is 22.2 Å². The topological polar surface area (TPSA) is 51.5 Å². The lowest BCUT2D eigenvalue weighted by molar-refractivity contribution is 0.0747. The first-order valence-electron chi connectivity index (χ1n) is 6.59. The molecule has 0 spiro atoms. The highest BCUT2D eigenvalue weighted by Gasteiger charge is 2.17. The van der Waals surface area contributed by atoms with Crippen molar-refractivity contribution in [3.05, 3.63) is 58.5 Å². The standard InChI is InChI=1S/C16H15NO3S/c1-19-15(9-17-16(18)12-6-7-21-10-12)14-8-11-4-2-3-5-13(11)20-14/h2-8,10,15H,9H2,1H3,(H,17,18)/t15-/m1/s1. The van der Waals surface area contributed by atoms with Crippen molar-refractivity contribution in [3.8, 4) is 0 Å². The van der Waals surface area contributed by atoms with Crippen molar-refractivity contribution in [2.45, 2.75) is 6.10 Å². The Morgan fingerprint density at radius 1 is 1.38 bits per heavy atom. The van der Waals surface area contributed by atoms with Gasteiger partial charge < -0.3 is 14.5 Å². The number of amides is 1. The molecular weight excluding hydrogens is 286 g/mol. The Bertz CT molecular complexity index is 700. The molecule has 108 valence electrons. The van der Waals surface area contributed by atoms with Crippen LogP contribution in [0.15, 0.2) is 51.6 Å². The van der Waals surface area contributed by atoms with Crippen LogP contribution in [0.2, 0.25) is 0 Å². The number of para-hydroxylation sites is 1. The summed E-state index contributed by atoms with van der Waals surface area (Å²) in [5.41, 5.74) is 1.48. The van der Waals surface area contributed by atoms with Crippen molar-refractivity contribution >= 4 is 28.2 Å². The number of furan rings is 1. The van der Waals surface area contributed by atoms with Crippen LogP contribution in [0.5, 0.6) is 0 Å². The molecule has 0 radical (unpaired) electrons. The van der Waals surface area contributed by atoms with Gasteiger partial charge in [-0.05, 0) is 23.6 Å². The van der Waals surface area contributed by atoms with Gasteiger partial charge in [-0.3, -0.25) is 4.79 Å². The molecule has 0 bridgehead atoms. The van der Waals surface area contributed by atoms with E-state index < -0.39 is 0 Å². The maximum absolute atomic E-state index is 11.9. The van der Waals surface area contributed by atoms with Gasteiger partial charge in [0.2, 0.25) is 0 Å². The highest BCUT2D eigenvalue weighted by molar-refractivity contribution is 7.08. The number of ether oxygens (including phenoxy) is 1. The van der Waals surface area contributed by atoms with Gasteiger partial charge in [0, 0.05) is 23.4 Å². The zero-order valence-electron chi connectivity index (χ0n) is 11.5. The first-order chi connectivity index (χ1) is 10.3. The Morgan fingerprint density at radius 2 is 2.24 bits per heavy atom. The fraction of sp³-hybridized carbons (Fsp3) is 0.188. The van der Waals surface area contributed by atoms with E-state index in [0.29, 0.717) is 17.9 Å². The van der Waals surface area contributed by atoms with Crippen LogP contribution in [0.3, 0.4) is 0 Å². The molecule has 21 heavy (non-hydrogen) atoms. The van der Waals surface area contributed by atoms with Crippen LogP contribution in [-0.2, 0) is 4.74 Å².